The topological polar surface area (TPSA) is 51.2 Å². The SMILES string of the molecule is Cc1cc(I)ccc1NC(=O)COc1ccc(Cl)c2cccnc12. The molecule has 24 heavy (non-hydrogen) atoms. The van der Waals surface area contributed by atoms with Crippen LogP contribution in [0.3, 0.4) is 0 Å². The zero-order chi connectivity index (χ0) is 17.1. The summed E-state index contributed by atoms with van der Waals surface area (Å²) >= 11 is 8.39. The van der Waals surface area contributed by atoms with E-state index >= 15 is 0 Å². The molecule has 0 aliphatic carbocycles. The molecule has 0 unspecified atom stereocenters. The summed E-state index contributed by atoms with van der Waals surface area (Å²) < 4.78 is 6.76. The maximum Gasteiger partial charge on any atom is 0.262 e. The molecule has 0 spiro atoms. The highest BCUT2D eigenvalue weighted by Gasteiger charge is 2.10. The van der Waals surface area contributed by atoms with Gasteiger partial charge in [-0.2, -0.15) is 0 Å². The van der Waals surface area contributed by atoms with Crippen molar-refractivity contribution in [3.63, 3.8) is 0 Å². The van der Waals surface area contributed by atoms with Crippen LogP contribution >= 0.6 is 34.2 Å². The van der Waals surface area contributed by atoms with Crippen LogP contribution in [0.2, 0.25) is 5.02 Å². The summed E-state index contributed by atoms with van der Waals surface area (Å²) in [7, 11) is 0. The lowest BCUT2D eigenvalue weighted by molar-refractivity contribution is -0.118. The van der Waals surface area contributed by atoms with E-state index in [-0.39, 0.29) is 12.5 Å². The Labute approximate surface area is 158 Å². The molecule has 1 N–H and O–H groups in total. The van der Waals surface area contributed by atoms with Crippen LogP contribution in [0.4, 0.5) is 5.69 Å². The summed E-state index contributed by atoms with van der Waals surface area (Å²) in [6.45, 7) is 1.86. The minimum atomic E-state index is -0.224. The molecule has 6 heteroatoms. The van der Waals surface area contributed by atoms with Gasteiger partial charge in [-0.15, -0.1) is 0 Å². The Bertz CT molecular complexity index is 915. The van der Waals surface area contributed by atoms with Crippen molar-refractivity contribution in [2.24, 2.45) is 0 Å². The molecule has 1 amide bonds. The summed E-state index contributed by atoms with van der Waals surface area (Å²) in [5.74, 6) is 0.308. The highest BCUT2D eigenvalue weighted by Crippen LogP contribution is 2.29. The van der Waals surface area contributed by atoms with Crippen LogP contribution in [0.1, 0.15) is 5.56 Å². The summed E-state index contributed by atoms with van der Waals surface area (Å²) in [5.41, 5.74) is 2.43. The number of amides is 1. The smallest absolute Gasteiger partial charge is 0.262 e. The fourth-order valence-electron chi connectivity index (χ4n) is 2.33. The number of halogens is 2. The predicted octanol–water partition coefficient (Wildman–Crippen LogP) is 4.82. The summed E-state index contributed by atoms with van der Waals surface area (Å²) in [6, 6.07) is 13.0. The second-order valence-corrected chi connectivity index (χ2v) is 6.89. The average Bonchev–Trinajstić information content (AvgIpc) is 2.57. The standard InChI is InChI=1S/C18H14ClIN2O2/c1-11-9-12(20)4-6-15(11)22-17(23)10-24-16-7-5-14(19)13-3-2-8-21-18(13)16/h2-9H,10H2,1H3,(H,22,23). The number of carbonyl (C=O) groups is 1. The maximum absolute atomic E-state index is 12.1. The lowest BCUT2D eigenvalue weighted by atomic mass is 10.2. The Hall–Kier alpha value is -1.86. The third-order valence-electron chi connectivity index (χ3n) is 3.50. The minimum Gasteiger partial charge on any atom is -0.481 e. The third-order valence-corrected chi connectivity index (χ3v) is 4.50. The van der Waals surface area contributed by atoms with Gasteiger partial charge in [0.1, 0.15) is 11.3 Å². The fourth-order valence-corrected chi connectivity index (χ4v) is 3.19. The van der Waals surface area contributed by atoms with E-state index in [4.69, 9.17) is 16.3 Å². The molecule has 4 nitrogen and oxygen atoms in total. The van der Waals surface area contributed by atoms with Crippen LogP contribution in [0, 0.1) is 10.5 Å². The fraction of sp³-hybridized carbons (Fsp3) is 0.111. The quantitative estimate of drug-likeness (QED) is 0.578. The van der Waals surface area contributed by atoms with Gasteiger partial charge in [0.05, 0.1) is 5.02 Å². The maximum atomic E-state index is 12.1. The lowest BCUT2D eigenvalue weighted by Gasteiger charge is -2.11. The van der Waals surface area contributed by atoms with Crippen LogP contribution in [-0.4, -0.2) is 17.5 Å². The molecule has 1 aromatic heterocycles. The Kier molecular flexibility index (Phi) is 5.20. The number of nitrogens with zero attached hydrogens (tertiary/aromatic N) is 1. The van der Waals surface area contributed by atoms with Gasteiger partial charge in [0, 0.05) is 20.8 Å². The van der Waals surface area contributed by atoms with Crippen molar-refractivity contribution >= 4 is 56.7 Å². The Balaban J connectivity index is 1.72. The van der Waals surface area contributed by atoms with Gasteiger partial charge in [0.25, 0.3) is 5.91 Å². The molecule has 0 fully saturated rings. The zero-order valence-electron chi connectivity index (χ0n) is 12.8. The molecule has 122 valence electrons. The first kappa shape index (κ1) is 17.0. The first-order valence-electron chi connectivity index (χ1n) is 7.26. The summed E-state index contributed by atoms with van der Waals surface area (Å²) in [4.78, 5) is 16.4. The van der Waals surface area contributed by atoms with Gasteiger partial charge >= 0.3 is 0 Å². The van der Waals surface area contributed by atoms with E-state index in [0.29, 0.717) is 16.3 Å². The number of hydrogen-bond acceptors (Lipinski definition) is 3. The van der Waals surface area contributed by atoms with Crippen molar-refractivity contribution < 1.29 is 9.53 Å². The summed E-state index contributed by atoms with van der Waals surface area (Å²) in [5, 5.41) is 4.25. The lowest BCUT2D eigenvalue weighted by Crippen LogP contribution is -2.20. The second-order valence-electron chi connectivity index (χ2n) is 5.24. The predicted molar refractivity (Wildman–Crippen MR) is 105 cm³/mol. The van der Waals surface area contributed by atoms with Gasteiger partial charge in [-0.25, -0.2) is 0 Å². The van der Waals surface area contributed by atoms with Crippen molar-refractivity contribution in [2.75, 3.05) is 11.9 Å². The van der Waals surface area contributed by atoms with E-state index in [9.17, 15) is 4.79 Å². The van der Waals surface area contributed by atoms with Crippen molar-refractivity contribution in [3.05, 3.63) is 62.8 Å². The number of aryl methyl sites for hydroxylation is 1. The second kappa shape index (κ2) is 7.36. The molecule has 1 heterocycles. The first-order valence-corrected chi connectivity index (χ1v) is 8.72. The molecular formula is C18H14ClIN2O2. The van der Waals surface area contributed by atoms with Gasteiger partial charge in [-0.05, 0) is 77.5 Å². The average molecular weight is 453 g/mol. The van der Waals surface area contributed by atoms with Crippen LogP contribution in [0.15, 0.2) is 48.7 Å². The Morgan fingerprint density at radius 2 is 2.12 bits per heavy atom. The van der Waals surface area contributed by atoms with Gasteiger partial charge in [0.2, 0.25) is 0 Å². The third kappa shape index (κ3) is 3.79. The van der Waals surface area contributed by atoms with Crippen molar-refractivity contribution in [1.29, 1.82) is 0 Å². The number of aromatic nitrogens is 1. The van der Waals surface area contributed by atoms with Crippen LogP contribution in [-0.2, 0) is 4.79 Å². The van der Waals surface area contributed by atoms with Crippen LogP contribution < -0.4 is 10.1 Å². The first-order chi connectivity index (χ1) is 11.5. The molecule has 0 radical (unpaired) electrons. The molecular weight excluding hydrogens is 439 g/mol. The molecule has 0 aliphatic heterocycles. The van der Waals surface area contributed by atoms with Gasteiger partial charge in [-0.1, -0.05) is 11.6 Å². The highest BCUT2D eigenvalue weighted by atomic mass is 127. The van der Waals surface area contributed by atoms with Crippen molar-refractivity contribution in [1.82, 2.24) is 4.98 Å². The summed E-state index contributed by atoms with van der Waals surface area (Å²) in [6.07, 6.45) is 1.67. The van der Waals surface area contributed by atoms with E-state index in [1.54, 1.807) is 18.3 Å². The van der Waals surface area contributed by atoms with E-state index in [0.717, 1.165) is 20.2 Å². The molecule has 2 aromatic carbocycles. The number of anilines is 1. The number of rotatable bonds is 4. The molecule has 0 saturated heterocycles. The van der Waals surface area contributed by atoms with E-state index in [1.807, 2.05) is 37.3 Å². The van der Waals surface area contributed by atoms with Crippen molar-refractivity contribution in [2.45, 2.75) is 6.92 Å². The molecule has 0 atom stereocenters. The molecule has 3 aromatic rings. The number of benzene rings is 2. The largest absolute Gasteiger partial charge is 0.481 e. The molecule has 0 saturated carbocycles. The Morgan fingerprint density at radius 1 is 1.29 bits per heavy atom. The van der Waals surface area contributed by atoms with Crippen molar-refractivity contribution in [3.8, 4) is 5.75 Å². The van der Waals surface area contributed by atoms with Gasteiger partial charge < -0.3 is 10.1 Å². The Morgan fingerprint density at radius 3 is 2.92 bits per heavy atom. The van der Waals surface area contributed by atoms with E-state index in [2.05, 4.69) is 32.9 Å². The number of ether oxygens (including phenoxy) is 1. The number of fused-ring (bicyclic) bond motifs is 1. The van der Waals surface area contributed by atoms with Gasteiger partial charge in [-0.3, -0.25) is 9.78 Å². The monoisotopic (exact) mass is 452 g/mol. The van der Waals surface area contributed by atoms with Crippen LogP contribution in [0.25, 0.3) is 10.9 Å². The number of pyridine rings is 1. The number of hydrogen-bond donors (Lipinski definition) is 1. The van der Waals surface area contributed by atoms with Crippen LogP contribution in [0.5, 0.6) is 5.75 Å². The molecule has 0 aliphatic rings. The molecule has 3 rings (SSSR count). The number of nitrogens with one attached hydrogen (secondary N) is 1. The van der Waals surface area contributed by atoms with E-state index in [1.165, 1.54) is 0 Å². The molecule has 0 bridgehead atoms. The van der Waals surface area contributed by atoms with E-state index < -0.39 is 0 Å². The number of carbonyl (C=O) groups excluding carboxylic acids is 1. The highest BCUT2D eigenvalue weighted by molar-refractivity contribution is 14.1. The minimum absolute atomic E-state index is 0.0985. The zero-order valence-corrected chi connectivity index (χ0v) is 15.8. The normalized spacial score (nSPS) is 10.6. The van der Waals surface area contributed by atoms with Gasteiger partial charge in [0.15, 0.2) is 6.61 Å².